The summed E-state index contributed by atoms with van der Waals surface area (Å²) in [6, 6.07) is 10.1. The van der Waals surface area contributed by atoms with Gasteiger partial charge >= 0.3 is 0 Å². The Morgan fingerprint density at radius 3 is 2.21 bits per heavy atom. The SMILES string of the molecule is O=S(=O)(Nc1ccc(Br)cc1)c1ccc(F)cc1Br. The second kappa shape index (κ2) is 5.60. The monoisotopic (exact) mass is 407 g/mol. The van der Waals surface area contributed by atoms with Gasteiger partial charge in [-0.15, -0.1) is 0 Å². The largest absolute Gasteiger partial charge is 0.280 e. The molecule has 7 heteroatoms. The van der Waals surface area contributed by atoms with Gasteiger partial charge in [0.1, 0.15) is 10.7 Å². The normalized spacial score (nSPS) is 11.3. The van der Waals surface area contributed by atoms with E-state index in [-0.39, 0.29) is 9.37 Å². The van der Waals surface area contributed by atoms with E-state index in [1.54, 1.807) is 24.3 Å². The van der Waals surface area contributed by atoms with Gasteiger partial charge in [0, 0.05) is 14.6 Å². The first-order chi connectivity index (χ1) is 8.88. The fourth-order valence-electron chi connectivity index (χ4n) is 1.42. The van der Waals surface area contributed by atoms with Crippen LogP contribution >= 0.6 is 31.9 Å². The Morgan fingerprint density at radius 1 is 1.00 bits per heavy atom. The molecule has 0 fully saturated rings. The first kappa shape index (κ1) is 14.5. The highest BCUT2D eigenvalue weighted by Crippen LogP contribution is 2.25. The van der Waals surface area contributed by atoms with Crippen LogP contribution in [0.2, 0.25) is 0 Å². The smallest absolute Gasteiger partial charge is 0.263 e. The predicted molar refractivity (Wildman–Crippen MR) is 79.1 cm³/mol. The minimum Gasteiger partial charge on any atom is -0.280 e. The minimum atomic E-state index is -3.75. The molecule has 0 spiro atoms. The average Bonchev–Trinajstić information content (AvgIpc) is 2.31. The topological polar surface area (TPSA) is 46.2 Å². The zero-order valence-electron chi connectivity index (χ0n) is 9.40. The molecule has 0 atom stereocenters. The van der Waals surface area contributed by atoms with E-state index in [9.17, 15) is 12.8 Å². The van der Waals surface area contributed by atoms with E-state index in [1.807, 2.05) is 0 Å². The van der Waals surface area contributed by atoms with Crippen molar-refractivity contribution in [3.63, 3.8) is 0 Å². The Hall–Kier alpha value is -0.920. The van der Waals surface area contributed by atoms with Crippen molar-refractivity contribution in [1.82, 2.24) is 0 Å². The zero-order valence-corrected chi connectivity index (χ0v) is 13.4. The highest BCUT2D eigenvalue weighted by atomic mass is 79.9. The Labute approximate surface area is 127 Å². The van der Waals surface area contributed by atoms with Crippen LogP contribution in [0, 0.1) is 5.82 Å². The molecule has 2 aromatic carbocycles. The highest BCUT2D eigenvalue weighted by molar-refractivity contribution is 9.10. The van der Waals surface area contributed by atoms with E-state index in [4.69, 9.17) is 0 Å². The molecule has 0 bridgehead atoms. The van der Waals surface area contributed by atoms with E-state index >= 15 is 0 Å². The predicted octanol–water partition coefficient (Wildman–Crippen LogP) is 4.15. The fraction of sp³-hybridized carbons (Fsp3) is 0. The molecule has 2 aromatic rings. The highest BCUT2D eigenvalue weighted by Gasteiger charge is 2.18. The van der Waals surface area contributed by atoms with Crippen LogP contribution in [0.5, 0.6) is 0 Å². The maximum Gasteiger partial charge on any atom is 0.263 e. The van der Waals surface area contributed by atoms with Crippen LogP contribution in [-0.2, 0) is 10.0 Å². The summed E-state index contributed by atoms with van der Waals surface area (Å²) in [6.07, 6.45) is 0. The Kier molecular flexibility index (Phi) is 4.27. The Morgan fingerprint density at radius 2 is 1.63 bits per heavy atom. The van der Waals surface area contributed by atoms with Gasteiger partial charge in [-0.3, -0.25) is 4.72 Å². The third kappa shape index (κ3) is 3.55. The molecule has 0 heterocycles. The quantitative estimate of drug-likeness (QED) is 0.828. The summed E-state index contributed by atoms with van der Waals surface area (Å²) in [5.41, 5.74) is 0.430. The maximum atomic E-state index is 13.0. The summed E-state index contributed by atoms with van der Waals surface area (Å²) in [5, 5.41) is 0. The van der Waals surface area contributed by atoms with E-state index in [1.165, 1.54) is 6.07 Å². The average molecular weight is 409 g/mol. The number of halogens is 3. The number of anilines is 1. The van der Waals surface area contributed by atoms with Crippen LogP contribution in [0.4, 0.5) is 10.1 Å². The molecule has 2 rings (SSSR count). The van der Waals surface area contributed by atoms with Crippen molar-refractivity contribution in [1.29, 1.82) is 0 Å². The van der Waals surface area contributed by atoms with Gasteiger partial charge in [0.15, 0.2) is 0 Å². The number of sulfonamides is 1. The zero-order chi connectivity index (χ0) is 14.0. The summed E-state index contributed by atoms with van der Waals surface area (Å²) in [5.74, 6) is -0.505. The van der Waals surface area contributed by atoms with Gasteiger partial charge < -0.3 is 0 Å². The van der Waals surface area contributed by atoms with Crippen LogP contribution in [0.25, 0.3) is 0 Å². The van der Waals surface area contributed by atoms with Crippen molar-refractivity contribution in [2.45, 2.75) is 4.90 Å². The number of hydrogen-bond acceptors (Lipinski definition) is 2. The van der Waals surface area contributed by atoms with Crippen molar-refractivity contribution in [2.75, 3.05) is 4.72 Å². The van der Waals surface area contributed by atoms with Gasteiger partial charge in [-0.2, -0.15) is 0 Å². The van der Waals surface area contributed by atoms with Crippen LogP contribution < -0.4 is 4.72 Å². The maximum absolute atomic E-state index is 13.0. The number of benzene rings is 2. The van der Waals surface area contributed by atoms with Gasteiger partial charge in [-0.25, -0.2) is 12.8 Å². The molecule has 0 saturated heterocycles. The second-order valence-electron chi connectivity index (χ2n) is 3.69. The lowest BCUT2D eigenvalue weighted by atomic mass is 10.3. The summed E-state index contributed by atoms with van der Waals surface area (Å²) >= 11 is 6.30. The third-order valence-corrected chi connectivity index (χ3v) is 5.17. The van der Waals surface area contributed by atoms with Crippen molar-refractivity contribution < 1.29 is 12.8 Å². The van der Waals surface area contributed by atoms with Crippen molar-refractivity contribution in [3.8, 4) is 0 Å². The lowest BCUT2D eigenvalue weighted by Crippen LogP contribution is -2.13. The van der Waals surface area contributed by atoms with Crippen LogP contribution in [0.3, 0.4) is 0 Å². The van der Waals surface area contributed by atoms with Crippen LogP contribution in [0.15, 0.2) is 56.3 Å². The molecule has 19 heavy (non-hydrogen) atoms. The van der Waals surface area contributed by atoms with Crippen molar-refractivity contribution >= 4 is 47.6 Å². The van der Waals surface area contributed by atoms with Gasteiger partial charge in [0.25, 0.3) is 10.0 Å². The molecule has 0 amide bonds. The Bertz CT molecular complexity index is 702. The molecule has 0 unspecified atom stereocenters. The first-order valence-electron chi connectivity index (χ1n) is 5.12. The van der Waals surface area contributed by atoms with Crippen molar-refractivity contribution in [2.24, 2.45) is 0 Å². The van der Waals surface area contributed by atoms with Gasteiger partial charge in [-0.1, -0.05) is 15.9 Å². The molecule has 0 saturated carbocycles. The van der Waals surface area contributed by atoms with E-state index in [0.717, 1.165) is 16.6 Å². The van der Waals surface area contributed by atoms with Crippen LogP contribution in [-0.4, -0.2) is 8.42 Å². The molecular weight excluding hydrogens is 401 g/mol. The van der Waals surface area contributed by atoms with Gasteiger partial charge in [-0.05, 0) is 58.4 Å². The molecule has 0 aliphatic rings. The number of hydrogen-bond donors (Lipinski definition) is 1. The Balaban J connectivity index is 2.35. The first-order valence-corrected chi connectivity index (χ1v) is 8.19. The van der Waals surface area contributed by atoms with Crippen molar-refractivity contribution in [3.05, 3.63) is 57.2 Å². The number of nitrogens with one attached hydrogen (secondary N) is 1. The summed E-state index contributed by atoms with van der Waals surface area (Å²) in [7, 11) is -3.75. The van der Waals surface area contributed by atoms with E-state index < -0.39 is 15.8 Å². The number of rotatable bonds is 3. The summed E-state index contributed by atoms with van der Waals surface area (Å²) in [6.45, 7) is 0. The second-order valence-corrected chi connectivity index (χ2v) is 7.11. The molecule has 0 aromatic heterocycles. The molecule has 0 aliphatic carbocycles. The van der Waals surface area contributed by atoms with Gasteiger partial charge in [0.05, 0.1) is 0 Å². The lowest BCUT2D eigenvalue weighted by Gasteiger charge is -2.09. The van der Waals surface area contributed by atoms with E-state index in [2.05, 4.69) is 36.6 Å². The molecule has 3 nitrogen and oxygen atoms in total. The molecule has 1 N–H and O–H groups in total. The summed E-state index contributed by atoms with van der Waals surface area (Å²) in [4.78, 5) is -0.0168. The van der Waals surface area contributed by atoms with Gasteiger partial charge in [0.2, 0.25) is 0 Å². The summed E-state index contributed by atoms with van der Waals surface area (Å²) < 4.78 is 40.7. The fourth-order valence-corrected chi connectivity index (χ4v) is 3.79. The van der Waals surface area contributed by atoms with Crippen LogP contribution in [0.1, 0.15) is 0 Å². The standard InChI is InChI=1S/C12H8Br2FNO2S/c13-8-1-4-10(5-2-8)16-19(17,18)12-6-3-9(15)7-11(12)14/h1-7,16H. The molecule has 0 aliphatic heterocycles. The lowest BCUT2D eigenvalue weighted by molar-refractivity contribution is 0.599. The molecule has 0 radical (unpaired) electrons. The minimum absolute atomic E-state index is 0.0168. The van der Waals surface area contributed by atoms with E-state index in [0.29, 0.717) is 5.69 Å². The molecular formula is C12H8Br2FNO2S. The molecule has 100 valence electrons. The third-order valence-electron chi connectivity index (χ3n) is 2.28.